The first-order chi connectivity index (χ1) is 14.0. The van der Waals surface area contributed by atoms with Gasteiger partial charge < -0.3 is 5.32 Å². The Balaban J connectivity index is 1.42. The lowest BCUT2D eigenvalue weighted by molar-refractivity contribution is -0.120. The minimum absolute atomic E-state index is 0.0428. The molecule has 4 nitrogen and oxygen atoms in total. The van der Waals surface area contributed by atoms with Crippen LogP contribution in [0.3, 0.4) is 0 Å². The Labute approximate surface area is 188 Å². The SMILES string of the molecule is CC(Sc1nnc(SCc2ccc(C(C)C)cc2)s1)C(=O)NCCc1cccs1. The van der Waals surface area contributed by atoms with Gasteiger partial charge in [0, 0.05) is 17.2 Å². The van der Waals surface area contributed by atoms with E-state index in [1.54, 1.807) is 34.4 Å². The number of aromatic nitrogens is 2. The molecule has 0 fully saturated rings. The molecule has 0 saturated heterocycles. The van der Waals surface area contributed by atoms with Gasteiger partial charge in [0.25, 0.3) is 0 Å². The first kappa shape index (κ1) is 22.3. The summed E-state index contributed by atoms with van der Waals surface area (Å²) in [6.07, 6.45) is 0.874. The first-order valence-electron chi connectivity index (χ1n) is 9.53. The summed E-state index contributed by atoms with van der Waals surface area (Å²) < 4.78 is 1.77. The molecule has 1 amide bonds. The lowest BCUT2D eigenvalue weighted by Gasteiger charge is -2.09. The number of hydrogen-bond acceptors (Lipinski definition) is 7. The highest BCUT2D eigenvalue weighted by molar-refractivity contribution is 8.03. The molecule has 0 radical (unpaired) electrons. The number of thioether (sulfide) groups is 2. The molecule has 0 aliphatic carbocycles. The van der Waals surface area contributed by atoms with Gasteiger partial charge in [-0.3, -0.25) is 4.79 Å². The van der Waals surface area contributed by atoms with Crippen molar-refractivity contribution >= 4 is 52.1 Å². The summed E-state index contributed by atoms with van der Waals surface area (Å²) in [5.41, 5.74) is 2.64. The third-order valence-electron chi connectivity index (χ3n) is 4.29. The average molecular weight is 464 g/mol. The number of benzene rings is 1. The van der Waals surface area contributed by atoms with Crippen LogP contribution in [0.1, 0.15) is 42.7 Å². The molecule has 1 unspecified atom stereocenters. The van der Waals surface area contributed by atoms with Crippen molar-refractivity contribution in [3.63, 3.8) is 0 Å². The molecule has 0 aliphatic rings. The quantitative estimate of drug-likeness (QED) is 0.382. The monoisotopic (exact) mass is 463 g/mol. The fraction of sp³-hybridized carbons (Fsp3) is 0.381. The molecule has 154 valence electrons. The highest BCUT2D eigenvalue weighted by atomic mass is 32.2. The molecule has 2 heterocycles. The summed E-state index contributed by atoms with van der Waals surface area (Å²) in [6, 6.07) is 12.9. The minimum atomic E-state index is -0.187. The van der Waals surface area contributed by atoms with E-state index >= 15 is 0 Å². The van der Waals surface area contributed by atoms with Crippen molar-refractivity contribution in [3.8, 4) is 0 Å². The maximum absolute atomic E-state index is 12.3. The van der Waals surface area contributed by atoms with Crippen molar-refractivity contribution < 1.29 is 4.79 Å². The smallest absolute Gasteiger partial charge is 0.233 e. The Bertz CT molecular complexity index is 891. The first-order valence-corrected chi connectivity index (χ1v) is 13.1. The van der Waals surface area contributed by atoms with Gasteiger partial charge in [-0.25, -0.2) is 0 Å². The van der Waals surface area contributed by atoms with Crippen molar-refractivity contribution in [2.45, 2.75) is 52.8 Å². The van der Waals surface area contributed by atoms with Crippen LogP contribution < -0.4 is 5.32 Å². The molecule has 8 heteroatoms. The number of nitrogens with one attached hydrogen (secondary N) is 1. The van der Waals surface area contributed by atoms with E-state index in [1.807, 2.05) is 13.0 Å². The zero-order valence-electron chi connectivity index (χ0n) is 16.8. The fourth-order valence-corrected chi connectivity index (χ4v) is 6.41. The summed E-state index contributed by atoms with van der Waals surface area (Å²) in [7, 11) is 0. The van der Waals surface area contributed by atoms with Gasteiger partial charge in [-0.05, 0) is 41.8 Å². The van der Waals surface area contributed by atoms with Crippen LogP contribution in [0.15, 0.2) is 50.5 Å². The second-order valence-corrected chi connectivity index (χ2v) is 11.7. The molecular weight excluding hydrogens is 439 g/mol. The van der Waals surface area contributed by atoms with Crippen molar-refractivity contribution in [1.29, 1.82) is 0 Å². The van der Waals surface area contributed by atoms with Crippen LogP contribution in [0, 0.1) is 0 Å². The number of nitrogens with zero attached hydrogens (tertiary/aromatic N) is 2. The van der Waals surface area contributed by atoms with Crippen LogP contribution in [0.5, 0.6) is 0 Å². The molecule has 29 heavy (non-hydrogen) atoms. The van der Waals surface area contributed by atoms with Gasteiger partial charge in [0.1, 0.15) is 0 Å². The van der Waals surface area contributed by atoms with Crippen molar-refractivity contribution in [1.82, 2.24) is 15.5 Å². The molecule has 1 aromatic carbocycles. The van der Waals surface area contributed by atoms with Crippen LogP contribution >= 0.6 is 46.2 Å². The highest BCUT2D eigenvalue weighted by Gasteiger charge is 2.17. The van der Waals surface area contributed by atoms with E-state index in [2.05, 4.69) is 65.1 Å². The van der Waals surface area contributed by atoms with Gasteiger partial charge in [0.2, 0.25) is 5.91 Å². The van der Waals surface area contributed by atoms with Crippen molar-refractivity contribution in [3.05, 3.63) is 57.8 Å². The predicted octanol–water partition coefficient (Wildman–Crippen LogP) is 5.85. The van der Waals surface area contributed by atoms with E-state index in [1.165, 1.54) is 27.8 Å². The molecule has 0 aliphatic heterocycles. The molecule has 1 atom stereocenters. The predicted molar refractivity (Wildman–Crippen MR) is 126 cm³/mol. The van der Waals surface area contributed by atoms with Crippen molar-refractivity contribution in [2.75, 3.05) is 6.54 Å². The zero-order chi connectivity index (χ0) is 20.6. The molecule has 0 spiro atoms. The van der Waals surface area contributed by atoms with Crippen LogP contribution in [0.2, 0.25) is 0 Å². The summed E-state index contributed by atoms with van der Waals surface area (Å²) >= 11 is 6.43. The molecule has 0 bridgehead atoms. The Kier molecular flexibility index (Phi) is 8.59. The maximum Gasteiger partial charge on any atom is 0.233 e. The number of thiophene rings is 1. The number of carbonyl (C=O) groups excluding carboxylic acids is 1. The van der Waals surface area contributed by atoms with Crippen molar-refractivity contribution in [2.24, 2.45) is 0 Å². The topological polar surface area (TPSA) is 54.9 Å². The molecule has 2 aromatic heterocycles. The van der Waals surface area contributed by atoms with E-state index in [-0.39, 0.29) is 11.2 Å². The lowest BCUT2D eigenvalue weighted by atomic mass is 10.0. The second-order valence-electron chi connectivity index (χ2n) is 6.90. The second kappa shape index (κ2) is 11.2. The van der Waals surface area contributed by atoms with Crippen LogP contribution in [0.25, 0.3) is 0 Å². The molecule has 1 N–H and O–H groups in total. The van der Waals surface area contributed by atoms with Gasteiger partial charge in [0.15, 0.2) is 8.68 Å². The van der Waals surface area contributed by atoms with E-state index < -0.39 is 0 Å². The molecule has 3 aromatic rings. The molecule has 3 rings (SSSR count). The largest absolute Gasteiger partial charge is 0.355 e. The zero-order valence-corrected chi connectivity index (χ0v) is 20.0. The Morgan fingerprint density at radius 3 is 2.55 bits per heavy atom. The Morgan fingerprint density at radius 2 is 1.86 bits per heavy atom. The fourth-order valence-electron chi connectivity index (χ4n) is 2.56. The summed E-state index contributed by atoms with van der Waals surface area (Å²) in [5.74, 6) is 1.46. The van der Waals surface area contributed by atoms with Gasteiger partial charge in [-0.1, -0.05) is 79.0 Å². The Hall–Kier alpha value is -1.35. The van der Waals surface area contributed by atoms with Gasteiger partial charge >= 0.3 is 0 Å². The number of amides is 1. The van der Waals surface area contributed by atoms with Crippen LogP contribution in [-0.4, -0.2) is 27.9 Å². The van der Waals surface area contributed by atoms with Gasteiger partial charge in [-0.2, -0.15) is 0 Å². The third kappa shape index (κ3) is 7.13. The van der Waals surface area contributed by atoms with Crippen LogP contribution in [-0.2, 0) is 17.0 Å². The molecule has 0 saturated carbocycles. The standard InChI is InChI=1S/C21H25N3OS4/c1-14(2)17-8-6-16(7-9-17)13-27-20-23-24-21(29-20)28-15(3)19(25)22-11-10-18-5-4-12-26-18/h4-9,12,14-15H,10-11,13H2,1-3H3,(H,22,25). The van der Waals surface area contributed by atoms with E-state index in [9.17, 15) is 4.79 Å². The highest BCUT2D eigenvalue weighted by Crippen LogP contribution is 2.32. The number of hydrogen-bond donors (Lipinski definition) is 1. The maximum atomic E-state index is 12.3. The summed E-state index contributed by atoms with van der Waals surface area (Å²) in [6.45, 7) is 6.98. The average Bonchev–Trinajstić information content (AvgIpc) is 3.38. The van der Waals surface area contributed by atoms with Gasteiger partial charge in [-0.15, -0.1) is 21.5 Å². The number of carbonyl (C=O) groups is 1. The van der Waals surface area contributed by atoms with E-state index in [0.717, 1.165) is 20.9 Å². The van der Waals surface area contributed by atoms with E-state index in [0.29, 0.717) is 12.5 Å². The third-order valence-corrected chi connectivity index (χ3v) is 8.54. The normalized spacial score (nSPS) is 12.3. The summed E-state index contributed by atoms with van der Waals surface area (Å²) in [5, 5.41) is 13.4. The number of rotatable bonds is 10. The Morgan fingerprint density at radius 1 is 1.10 bits per heavy atom. The minimum Gasteiger partial charge on any atom is -0.355 e. The van der Waals surface area contributed by atoms with Gasteiger partial charge in [0.05, 0.1) is 5.25 Å². The molecular formula is C21H25N3OS4. The van der Waals surface area contributed by atoms with E-state index in [4.69, 9.17) is 0 Å². The summed E-state index contributed by atoms with van der Waals surface area (Å²) in [4.78, 5) is 13.6. The lowest BCUT2D eigenvalue weighted by Crippen LogP contribution is -2.32. The van der Waals surface area contributed by atoms with Crippen LogP contribution in [0.4, 0.5) is 0 Å².